The Morgan fingerprint density at radius 2 is 2.04 bits per heavy atom. The Kier molecular flexibility index (Phi) is 5.86. The van der Waals surface area contributed by atoms with E-state index in [0.717, 1.165) is 16.9 Å². The summed E-state index contributed by atoms with van der Waals surface area (Å²) in [5.74, 6) is 0.284. The number of ether oxygens (including phenoxy) is 3. The Morgan fingerprint density at radius 3 is 2.78 bits per heavy atom. The fourth-order valence-electron chi connectivity index (χ4n) is 3.00. The second kappa shape index (κ2) is 8.31. The molecule has 0 unspecified atom stereocenters. The number of benzene rings is 2. The number of hydrogen-bond acceptors (Lipinski definition) is 5. The molecule has 142 valence electrons. The minimum Gasteiger partial charge on any atom is -0.496 e. The summed E-state index contributed by atoms with van der Waals surface area (Å²) in [4.78, 5) is 24.4. The van der Waals surface area contributed by atoms with Gasteiger partial charge in [-0.2, -0.15) is 0 Å². The molecule has 0 aromatic heterocycles. The highest BCUT2D eigenvalue weighted by molar-refractivity contribution is 6.30. The Bertz CT molecular complexity index is 867. The number of nitrogens with one attached hydrogen (secondary N) is 1. The van der Waals surface area contributed by atoms with E-state index in [4.69, 9.17) is 25.8 Å². The average molecular weight is 390 g/mol. The fraction of sp³-hybridized carbons (Fsp3) is 0.300. The standard InChI is InChI=1S/C20H20ClNO5/c1-25-18-5-3-12(7-16(18)20(24)26-2)10-22-19(23)14-8-13-9-15(21)4-6-17(13)27-11-14/h3-7,9,14H,8,10-11H2,1-2H3,(H,22,23)/t14-/m0/s1. The summed E-state index contributed by atoms with van der Waals surface area (Å²) in [5.41, 5.74) is 2.01. The minimum atomic E-state index is -0.491. The SMILES string of the molecule is COC(=O)c1cc(CNC(=O)[C@@H]2COc3ccc(Cl)cc3C2)ccc1OC. The van der Waals surface area contributed by atoms with Crippen LogP contribution in [-0.2, 0) is 22.5 Å². The molecular weight excluding hydrogens is 370 g/mol. The summed E-state index contributed by atoms with van der Waals surface area (Å²) >= 11 is 6.02. The lowest BCUT2D eigenvalue weighted by Crippen LogP contribution is -2.37. The van der Waals surface area contributed by atoms with E-state index in [9.17, 15) is 9.59 Å². The van der Waals surface area contributed by atoms with Crippen molar-refractivity contribution in [2.24, 2.45) is 5.92 Å². The van der Waals surface area contributed by atoms with Crippen molar-refractivity contribution in [3.05, 3.63) is 58.1 Å². The number of esters is 1. The Balaban J connectivity index is 1.65. The van der Waals surface area contributed by atoms with E-state index in [1.165, 1.54) is 14.2 Å². The van der Waals surface area contributed by atoms with E-state index in [1.807, 2.05) is 12.1 Å². The molecule has 3 rings (SSSR count). The zero-order chi connectivity index (χ0) is 19.4. The van der Waals surface area contributed by atoms with Gasteiger partial charge in [-0.3, -0.25) is 4.79 Å². The van der Waals surface area contributed by atoms with E-state index >= 15 is 0 Å². The third-order valence-corrected chi connectivity index (χ3v) is 4.67. The minimum absolute atomic E-state index is 0.115. The van der Waals surface area contributed by atoms with Gasteiger partial charge in [-0.25, -0.2) is 4.79 Å². The molecule has 27 heavy (non-hydrogen) atoms. The van der Waals surface area contributed by atoms with E-state index in [1.54, 1.807) is 24.3 Å². The molecule has 2 aromatic rings. The van der Waals surface area contributed by atoms with Crippen LogP contribution in [0.3, 0.4) is 0 Å². The number of methoxy groups -OCH3 is 2. The topological polar surface area (TPSA) is 73.9 Å². The number of rotatable bonds is 5. The Labute approximate surface area is 162 Å². The molecule has 7 heteroatoms. The summed E-state index contributed by atoms with van der Waals surface area (Å²) in [5, 5.41) is 3.51. The van der Waals surface area contributed by atoms with Crippen LogP contribution in [-0.4, -0.2) is 32.7 Å². The average Bonchev–Trinajstić information content (AvgIpc) is 2.70. The van der Waals surface area contributed by atoms with Crippen LogP contribution in [0.25, 0.3) is 0 Å². The van der Waals surface area contributed by atoms with Crippen LogP contribution in [0.2, 0.25) is 5.02 Å². The molecule has 1 amide bonds. The van der Waals surface area contributed by atoms with Gasteiger partial charge in [0.25, 0.3) is 0 Å². The van der Waals surface area contributed by atoms with Crippen LogP contribution in [0, 0.1) is 5.92 Å². The molecule has 1 aliphatic rings. The molecule has 2 aromatic carbocycles. The number of amides is 1. The van der Waals surface area contributed by atoms with Crippen molar-refractivity contribution in [3.63, 3.8) is 0 Å². The van der Waals surface area contributed by atoms with Crippen LogP contribution in [0.15, 0.2) is 36.4 Å². The van der Waals surface area contributed by atoms with Gasteiger partial charge in [0, 0.05) is 11.6 Å². The molecule has 0 saturated heterocycles. The van der Waals surface area contributed by atoms with Crippen molar-refractivity contribution in [3.8, 4) is 11.5 Å². The van der Waals surface area contributed by atoms with Crippen molar-refractivity contribution >= 4 is 23.5 Å². The Hall–Kier alpha value is -2.73. The highest BCUT2D eigenvalue weighted by Gasteiger charge is 2.26. The first-order chi connectivity index (χ1) is 13.0. The molecule has 0 spiro atoms. The molecule has 1 N–H and O–H groups in total. The van der Waals surface area contributed by atoms with E-state index in [-0.39, 0.29) is 18.4 Å². The predicted octanol–water partition coefficient (Wildman–Crippen LogP) is 3.00. The maximum atomic E-state index is 12.5. The molecule has 1 atom stereocenters. The maximum absolute atomic E-state index is 12.5. The normalized spacial score (nSPS) is 15.3. The quantitative estimate of drug-likeness (QED) is 0.796. The van der Waals surface area contributed by atoms with E-state index < -0.39 is 5.97 Å². The molecule has 1 aliphatic heterocycles. The second-order valence-corrected chi connectivity index (χ2v) is 6.64. The third-order valence-electron chi connectivity index (χ3n) is 4.44. The Morgan fingerprint density at radius 1 is 1.22 bits per heavy atom. The van der Waals surface area contributed by atoms with Gasteiger partial charge in [0.15, 0.2) is 0 Å². The third kappa shape index (κ3) is 4.34. The van der Waals surface area contributed by atoms with Crippen molar-refractivity contribution in [2.45, 2.75) is 13.0 Å². The first-order valence-corrected chi connectivity index (χ1v) is 8.83. The van der Waals surface area contributed by atoms with E-state index in [2.05, 4.69) is 5.32 Å². The van der Waals surface area contributed by atoms with Crippen LogP contribution in [0.5, 0.6) is 11.5 Å². The van der Waals surface area contributed by atoms with Gasteiger partial charge < -0.3 is 19.5 Å². The summed E-state index contributed by atoms with van der Waals surface area (Å²) in [7, 11) is 2.79. The van der Waals surface area contributed by atoms with Gasteiger partial charge in [0.05, 0.1) is 20.1 Å². The van der Waals surface area contributed by atoms with Crippen molar-refractivity contribution in [1.29, 1.82) is 0 Å². The molecule has 6 nitrogen and oxygen atoms in total. The monoisotopic (exact) mass is 389 g/mol. The number of fused-ring (bicyclic) bond motifs is 1. The molecule has 0 aliphatic carbocycles. The first kappa shape index (κ1) is 19.0. The molecule has 0 bridgehead atoms. The number of hydrogen-bond donors (Lipinski definition) is 1. The fourth-order valence-corrected chi connectivity index (χ4v) is 3.19. The zero-order valence-corrected chi connectivity index (χ0v) is 15.8. The molecule has 1 heterocycles. The van der Waals surface area contributed by atoms with Crippen molar-refractivity contribution < 1.29 is 23.8 Å². The largest absolute Gasteiger partial charge is 0.496 e. The lowest BCUT2D eigenvalue weighted by Gasteiger charge is -2.24. The van der Waals surface area contributed by atoms with Crippen LogP contribution < -0.4 is 14.8 Å². The lowest BCUT2D eigenvalue weighted by molar-refractivity contribution is -0.126. The molecular formula is C20H20ClNO5. The molecule has 0 radical (unpaired) electrons. The highest BCUT2D eigenvalue weighted by Crippen LogP contribution is 2.30. The lowest BCUT2D eigenvalue weighted by atomic mass is 9.96. The van der Waals surface area contributed by atoms with Gasteiger partial charge in [0.2, 0.25) is 5.91 Å². The summed E-state index contributed by atoms with van der Waals surface area (Å²) in [6.45, 7) is 0.599. The first-order valence-electron chi connectivity index (χ1n) is 8.46. The van der Waals surface area contributed by atoms with E-state index in [0.29, 0.717) is 29.4 Å². The van der Waals surface area contributed by atoms with Crippen LogP contribution in [0.1, 0.15) is 21.5 Å². The second-order valence-electron chi connectivity index (χ2n) is 6.21. The van der Waals surface area contributed by atoms with Gasteiger partial charge in [-0.05, 0) is 47.9 Å². The van der Waals surface area contributed by atoms with Gasteiger partial charge in [-0.15, -0.1) is 0 Å². The van der Waals surface area contributed by atoms with Gasteiger partial charge in [-0.1, -0.05) is 17.7 Å². The smallest absolute Gasteiger partial charge is 0.341 e. The number of carbonyl (C=O) groups excluding carboxylic acids is 2. The molecule has 0 saturated carbocycles. The van der Waals surface area contributed by atoms with Gasteiger partial charge in [0.1, 0.15) is 23.7 Å². The predicted molar refractivity (Wildman–Crippen MR) is 100 cm³/mol. The van der Waals surface area contributed by atoms with Crippen molar-refractivity contribution in [2.75, 3.05) is 20.8 Å². The van der Waals surface area contributed by atoms with Crippen LogP contribution >= 0.6 is 11.6 Å². The highest BCUT2D eigenvalue weighted by atomic mass is 35.5. The number of halogens is 1. The van der Waals surface area contributed by atoms with Gasteiger partial charge >= 0.3 is 5.97 Å². The number of carbonyl (C=O) groups is 2. The van der Waals surface area contributed by atoms with Crippen LogP contribution in [0.4, 0.5) is 0 Å². The maximum Gasteiger partial charge on any atom is 0.341 e. The summed E-state index contributed by atoms with van der Waals surface area (Å²) in [6, 6.07) is 10.5. The zero-order valence-electron chi connectivity index (χ0n) is 15.1. The molecule has 0 fully saturated rings. The summed E-state index contributed by atoms with van der Waals surface area (Å²) < 4.78 is 15.6. The van der Waals surface area contributed by atoms with Crippen molar-refractivity contribution in [1.82, 2.24) is 5.32 Å². The summed E-state index contributed by atoms with van der Waals surface area (Å²) in [6.07, 6.45) is 0.567.